The Kier molecular flexibility index (Phi) is 4.05. The molecular weight excluding hydrogens is 192 g/mol. The molecule has 0 aliphatic heterocycles. The van der Waals surface area contributed by atoms with Crippen LogP contribution in [0.3, 0.4) is 0 Å². The summed E-state index contributed by atoms with van der Waals surface area (Å²) in [6, 6.07) is 3.59. The zero-order chi connectivity index (χ0) is 11.3. The first kappa shape index (κ1) is 11.9. The van der Waals surface area contributed by atoms with Gasteiger partial charge in [-0.25, -0.2) is 0 Å². The Morgan fingerprint density at radius 2 is 2.33 bits per heavy atom. The van der Waals surface area contributed by atoms with Gasteiger partial charge in [0.05, 0.1) is 7.11 Å². The summed E-state index contributed by atoms with van der Waals surface area (Å²) in [7, 11) is 3.43. The van der Waals surface area contributed by atoms with Gasteiger partial charge in [0.25, 0.3) is 0 Å². The van der Waals surface area contributed by atoms with Crippen molar-refractivity contribution in [2.24, 2.45) is 0 Å². The van der Waals surface area contributed by atoms with Crippen LogP contribution in [0.25, 0.3) is 0 Å². The van der Waals surface area contributed by atoms with E-state index in [-0.39, 0.29) is 0 Å². The number of nitrogens with zero attached hydrogens (tertiary/aromatic N) is 1. The molecule has 1 aromatic rings. The number of nitrogens with one attached hydrogen (secondary N) is 1. The molecule has 0 aromatic carbocycles. The number of hydrogen-bond acceptors (Lipinski definition) is 4. The fourth-order valence-corrected chi connectivity index (χ4v) is 1.45. The minimum atomic E-state index is -0.963. The maximum atomic E-state index is 10.2. The second-order valence-corrected chi connectivity index (χ2v) is 3.68. The molecule has 4 nitrogen and oxygen atoms in total. The lowest BCUT2D eigenvalue weighted by molar-refractivity contribution is 0.0413. The van der Waals surface area contributed by atoms with E-state index in [9.17, 15) is 5.11 Å². The van der Waals surface area contributed by atoms with Gasteiger partial charge in [-0.2, -0.15) is 0 Å². The van der Waals surface area contributed by atoms with Crippen molar-refractivity contribution in [3.63, 3.8) is 0 Å². The predicted molar refractivity (Wildman–Crippen MR) is 58.9 cm³/mol. The molecule has 0 fully saturated rings. The van der Waals surface area contributed by atoms with Gasteiger partial charge in [-0.15, -0.1) is 0 Å². The molecule has 0 amide bonds. The Labute approximate surface area is 90.3 Å². The highest BCUT2D eigenvalue weighted by Crippen LogP contribution is 2.29. The Hall–Kier alpha value is -1.13. The number of hydrogen-bond donors (Lipinski definition) is 2. The summed E-state index contributed by atoms with van der Waals surface area (Å²) in [6.07, 6.45) is 2.25. The van der Waals surface area contributed by atoms with E-state index in [1.807, 2.05) is 7.05 Å². The molecule has 0 radical (unpaired) electrons. The molecule has 0 bridgehead atoms. The van der Waals surface area contributed by atoms with Crippen molar-refractivity contribution in [3.05, 3.63) is 24.0 Å². The normalized spacial score (nSPS) is 14.7. The van der Waals surface area contributed by atoms with E-state index in [1.165, 1.54) is 0 Å². The highest BCUT2D eigenvalue weighted by Gasteiger charge is 2.27. The summed E-state index contributed by atoms with van der Waals surface area (Å²) in [6.45, 7) is 2.47. The van der Waals surface area contributed by atoms with Crippen molar-refractivity contribution in [1.29, 1.82) is 0 Å². The third-order valence-corrected chi connectivity index (χ3v) is 2.36. The minimum Gasteiger partial charge on any atom is -0.495 e. The monoisotopic (exact) mass is 210 g/mol. The third-order valence-electron chi connectivity index (χ3n) is 2.36. The van der Waals surface area contributed by atoms with Crippen LogP contribution in [0.4, 0.5) is 0 Å². The largest absolute Gasteiger partial charge is 0.495 e. The highest BCUT2D eigenvalue weighted by molar-refractivity contribution is 5.31. The summed E-state index contributed by atoms with van der Waals surface area (Å²) in [5.74, 6) is 0.624. The van der Waals surface area contributed by atoms with Crippen LogP contribution < -0.4 is 10.1 Å². The molecule has 84 valence electrons. The number of pyridine rings is 1. The number of methoxy groups -OCH3 is 1. The van der Waals surface area contributed by atoms with Crippen molar-refractivity contribution in [2.75, 3.05) is 20.7 Å². The molecule has 2 N–H and O–H groups in total. The maximum absolute atomic E-state index is 10.2. The molecule has 0 aliphatic rings. The molecule has 15 heavy (non-hydrogen) atoms. The van der Waals surface area contributed by atoms with Crippen LogP contribution in [0.1, 0.15) is 19.0 Å². The van der Waals surface area contributed by atoms with Crippen molar-refractivity contribution in [2.45, 2.75) is 18.9 Å². The summed E-state index contributed by atoms with van der Waals surface area (Å²) >= 11 is 0. The number of rotatable bonds is 5. The van der Waals surface area contributed by atoms with Crippen LogP contribution in [0, 0.1) is 0 Å². The zero-order valence-electron chi connectivity index (χ0n) is 9.45. The Bertz CT molecular complexity index is 313. The number of aromatic nitrogens is 1. The molecule has 0 saturated heterocycles. The van der Waals surface area contributed by atoms with E-state index in [0.717, 1.165) is 6.54 Å². The molecule has 1 unspecified atom stereocenters. The van der Waals surface area contributed by atoms with E-state index in [1.54, 1.807) is 32.4 Å². The standard InChI is InChI=1S/C11H18N2O2/c1-11(14,6-8-12-2)10-9(15-3)5-4-7-13-10/h4-5,7,12,14H,6,8H2,1-3H3. The van der Waals surface area contributed by atoms with Crippen LogP contribution in [0.5, 0.6) is 5.75 Å². The molecule has 1 atom stereocenters. The summed E-state index contributed by atoms with van der Waals surface area (Å²) in [4.78, 5) is 4.17. The van der Waals surface area contributed by atoms with Crippen molar-refractivity contribution in [1.82, 2.24) is 10.3 Å². The smallest absolute Gasteiger partial charge is 0.143 e. The third kappa shape index (κ3) is 2.91. The zero-order valence-corrected chi connectivity index (χ0v) is 9.45. The van der Waals surface area contributed by atoms with Gasteiger partial charge >= 0.3 is 0 Å². The fraction of sp³-hybridized carbons (Fsp3) is 0.545. The van der Waals surface area contributed by atoms with E-state index in [4.69, 9.17) is 4.74 Å². The topological polar surface area (TPSA) is 54.4 Å². The van der Waals surface area contributed by atoms with Gasteiger partial charge in [-0.05, 0) is 39.1 Å². The van der Waals surface area contributed by atoms with Gasteiger partial charge < -0.3 is 15.2 Å². The Morgan fingerprint density at radius 3 is 2.93 bits per heavy atom. The molecule has 4 heteroatoms. The van der Waals surface area contributed by atoms with Crippen molar-refractivity contribution in [3.8, 4) is 5.75 Å². The van der Waals surface area contributed by atoms with Crippen molar-refractivity contribution >= 4 is 0 Å². The maximum Gasteiger partial charge on any atom is 0.143 e. The molecular formula is C11H18N2O2. The molecule has 1 rings (SSSR count). The average molecular weight is 210 g/mol. The highest BCUT2D eigenvalue weighted by atomic mass is 16.5. The summed E-state index contributed by atoms with van der Waals surface area (Å²) in [5, 5.41) is 13.2. The van der Waals surface area contributed by atoms with Crippen LogP contribution in [-0.2, 0) is 5.60 Å². The first-order valence-corrected chi connectivity index (χ1v) is 4.98. The van der Waals surface area contributed by atoms with Crippen LogP contribution in [-0.4, -0.2) is 30.8 Å². The van der Waals surface area contributed by atoms with Gasteiger partial charge in [0, 0.05) is 6.20 Å². The molecule has 0 saturated carbocycles. The number of aliphatic hydroxyl groups is 1. The SMILES string of the molecule is CNCCC(C)(O)c1ncccc1OC. The molecule has 0 spiro atoms. The first-order chi connectivity index (χ1) is 7.11. The van der Waals surface area contributed by atoms with Crippen LogP contribution in [0.2, 0.25) is 0 Å². The van der Waals surface area contributed by atoms with Crippen LogP contribution >= 0.6 is 0 Å². The molecule has 1 heterocycles. The lowest BCUT2D eigenvalue weighted by atomic mass is 9.96. The van der Waals surface area contributed by atoms with E-state index in [0.29, 0.717) is 17.9 Å². The second kappa shape index (κ2) is 5.09. The average Bonchev–Trinajstić information content (AvgIpc) is 2.26. The van der Waals surface area contributed by atoms with Gasteiger partial charge in [0.15, 0.2) is 0 Å². The quantitative estimate of drug-likeness (QED) is 0.758. The molecule has 0 aliphatic carbocycles. The van der Waals surface area contributed by atoms with Gasteiger partial charge in [-0.3, -0.25) is 4.98 Å². The van der Waals surface area contributed by atoms with E-state index in [2.05, 4.69) is 10.3 Å². The van der Waals surface area contributed by atoms with Gasteiger partial charge in [0.2, 0.25) is 0 Å². The van der Waals surface area contributed by atoms with Gasteiger partial charge in [-0.1, -0.05) is 0 Å². The van der Waals surface area contributed by atoms with E-state index < -0.39 is 5.60 Å². The Balaban J connectivity index is 2.92. The Morgan fingerprint density at radius 1 is 1.60 bits per heavy atom. The summed E-state index contributed by atoms with van der Waals surface area (Å²) in [5.41, 5.74) is -0.377. The fourth-order valence-electron chi connectivity index (χ4n) is 1.45. The van der Waals surface area contributed by atoms with Gasteiger partial charge in [0.1, 0.15) is 17.0 Å². The predicted octanol–water partition coefficient (Wildman–Crippen LogP) is 0.907. The van der Waals surface area contributed by atoms with Crippen molar-refractivity contribution < 1.29 is 9.84 Å². The lowest BCUT2D eigenvalue weighted by Gasteiger charge is -2.24. The van der Waals surface area contributed by atoms with Crippen LogP contribution in [0.15, 0.2) is 18.3 Å². The van der Waals surface area contributed by atoms with E-state index >= 15 is 0 Å². The first-order valence-electron chi connectivity index (χ1n) is 4.98. The minimum absolute atomic E-state index is 0.586. The number of ether oxygens (including phenoxy) is 1. The lowest BCUT2D eigenvalue weighted by Crippen LogP contribution is -2.28. The second-order valence-electron chi connectivity index (χ2n) is 3.68. The molecule has 1 aromatic heterocycles. The summed E-state index contributed by atoms with van der Waals surface area (Å²) < 4.78 is 5.17.